The molecule has 3 rings (SSSR count). The molecule has 3 heteroatoms. The number of fused-ring (bicyclic) bond motifs is 1. The van der Waals surface area contributed by atoms with Crippen molar-refractivity contribution in [1.82, 2.24) is 4.98 Å². The second kappa shape index (κ2) is 7.22. The molecule has 0 N–H and O–H groups in total. The van der Waals surface area contributed by atoms with Crippen molar-refractivity contribution in [3.05, 3.63) is 76.0 Å². The summed E-state index contributed by atoms with van der Waals surface area (Å²) in [6.07, 6.45) is 1.52. The van der Waals surface area contributed by atoms with Gasteiger partial charge in [0.1, 0.15) is 0 Å². The van der Waals surface area contributed by atoms with Gasteiger partial charge in [0.2, 0.25) is 0 Å². The van der Waals surface area contributed by atoms with Gasteiger partial charge in [-0.05, 0) is 74.1 Å². The van der Waals surface area contributed by atoms with Crippen molar-refractivity contribution in [2.24, 2.45) is 0 Å². The van der Waals surface area contributed by atoms with Crippen LogP contribution < -0.4 is 0 Å². The van der Waals surface area contributed by atoms with Crippen LogP contribution in [0, 0.1) is 36.5 Å². The van der Waals surface area contributed by atoms with Gasteiger partial charge in [-0.25, -0.2) is 0 Å². The Labute approximate surface area is 160 Å². The van der Waals surface area contributed by atoms with E-state index in [1.165, 1.54) is 11.1 Å². The normalized spacial score (nSPS) is 13.0. The van der Waals surface area contributed by atoms with Crippen molar-refractivity contribution in [2.75, 3.05) is 0 Å². The molecule has 2 aromatic carbocycles. The quantitative estimate of drug-likeness (QED) is 0.638. The molecule has 0 amide bonds. The molecule has 27 heavy (non-hydrogen) atoms. The van der Waals surface area contributed by atoms with Crippen LogP contribution in [0.15, 0.2) is 42.5 Å². The fourth-order valence-electron chi connectivity index (χ4n) is 3.85. The molecular weight excluding hydrogens is 330 g/mol. The lowest BCUT2D eigenvalue weighted by Crippen LogP contribution is -2.23. The van der Waals surface area contributed by atoms with Gasteiger partial charge in [0.05, 0.1) is 28.6 Å². The Bertz CT molecular complexity index is 1100. The van der Waals surface area contributed by atoms with E-state index in [1.807, 2.05) is 37.3 Å². The number of nitriles is 2. The summed E-state index contributed by atoms with van der Waals surface area (Å²) in [7, 11) is 0. The molecule has 0 bridgehead atoms. The first-order valence-corrected chi connectivity index (χ1v) is 9.22. The van der Waals surface area contributed by atoms with E-state index in [2.05, 4.69) is 39.0 Å². The van der Waals surface area contributed by atoms with Crippen molar-refractivity contribution < 1.29 is 0 Å². The molecule has 1 heterocycles. The maximum Gasteiger partial charge on any atom is 0.0991 e. The highest BCUT2D eigenvalue weighted by molar-refractivity contribution is 5.84. The summed E-state index contributed by atoms with van der Waals surface area (Å²) in [5.41, 5.74) is 6.43. The molecule has 0 aliphatic carbocycles. The van der Waals surface area contributed by atoms with E-state index in [-0.39, 0.29) is 0 Å². The van der Waals surface area contributed by atoms with Crippen LogP contribution in [0.4, 0.5) is 0 Å². The second-order valence-electron chi connectivity index (χ2n) is 7.32. The predicted molar refractivity (Wildman–Crippen MR) is 108 cm³/mol. The zero-order chi connectivity index (χ0) is 19.6. The Hall–Kier alpha value is -3.17. The van der Waals surface area contributed by atoms with Crippen LogP contribution in [0.2, 0.25) is 0 Å². The number of hydrogen-bond donors (Lipinski definition) is 0. The smallest absolute Gasteiger partial charge is 0.0991 e. The molecule has 0 spiro atoms. The van der Waals surface area contributed by atoms with E-state index in [4.69, 9.17) is 10.2 Å². The molecule has 0 fully saturated rings. The Balaban J connectivity index is 2.08. The van der Waals surface area contributed by atoms with Crippen molar-refractivity contribution in [3.8, 4) is 12.1 Å². The molecule has 0 aliphatic rings. The van der Waals surface area contributed by atoms with Gasteiger partial charge in [-0.3, -0.25) is 4.98 Å². The van der Waals surface area contributed by atoms with Gasteiger partial charge < -0.3 is 0 Å². The molecule has 3 nitrogen and oxygen atoms in total. The average Bonchev–Trinajstić information content (AvgIpc) is 2.68. The topological polar surface area (TPSA) is 60.5 Å². The minimum Gasteiger partial charge on any atom is -0.253 e. The van der Waals surface area contributed by atoms with Crippen LogP contribution in [-0.4, -0.2) is 4.98 Å². The van der Waals surface area contributed by atoms with Gasteiger partial charge in [-0.1, -0.05) is 31.2 Å². The molecule has 1 unspecified atom stereocenters. The highest BCUT2D eigenvalue weighted by atomic mass is 14.7. The van der Waals surface area contributed by atoms with Crippen molar-refractivity contribution >= 4 is 10.9 Å². The summed E-state index contributed by atoms with van der Waals surface area (Å²) < 4.78 is 0. The first kappa shape index (κ1) is 18.6. The van der Waals surface area contributed by atoms with Gasteiger partial charge in [0, 0.05) is 11.1 Å². The van der Waals surface area contributed by atoms with E-state index in [1.54, 1.807) is 6.07 Å². The molecular formula is C24H23N3. The van der Waals surface area contributed by atoms with Gasteiger partial charge in [-0.15, -0.1) is 0 Å². The average molecular weight is 353 g/mol. The molecule has 3 aromatic rings. The van der Waals surface area contributed by atoms with E-state index >= 15 is 0 Å². The molecule has 134 valence electrons. The third kappa shape index (κ3) is 3.42. The SMILES string of the molecule is CCc1c(C)nc2cc(C(C)(C#N)Cc3cccc(C#N)c3)ccc2c1C. The Morgan fingerprint density at radius 1 is 1.07 bits per heavy atom. The standard InChI is InChI=1S/C24H23N3/c1-5-21-16(2)22-10-9-20(12-23(22)27-17(21)3)24(4,15-26)13-18-7-6-8-19(11-18)14-25/h6-12H,5,13H2,1-4H3. The van der Waals surface area contributed by atoms with Gasteiger partial charge in [0.25, 0.3) is 0 Å². The monoisotopic (exact) mass is 353 g/mol. The lowest BCUT2D eigenvalue weighted by molar-refractivity contribution is 0.607. The van der Waals surface area contributed by atoms with Crippen molar-refractivity contribution in [3.63, 3.8) is 0 Å². The molecule has 0 saturated heterocycles. The first-order chi connectivity index (χ1) is 12.9. The van der Waals surface area contributed by atoms with E-state index in [0.717, 1.165) is 34.1 Å². The first-order valence-electron chi connectivity index (χ1n) is 9.22. The van der Waals surface area contributed by atoms with Crippen LogP contribution in [-0.2, 0) is 18.3 Å². The summed E-state index contributed by atoms with van der Waals surface area (Å²) in [5.74, 6) is 0. The fourth-order valence-corrected chi connectivity index (χ4v) is 3.85. The summed E-state index contributed by atoms with van der Waals surface area (Å²) in [4.78, 5) is 4.80. The van der Waals surface area contributed by atoms with E-state index in [9.17, 15) is 5.26 Å². The number of rotatable bonds is 4. The third-order valence-corrected chi connectivity index (χ3v) is 5.43. The molecule has 1 atom stereocenters. The summed E-state index contributed by atoms with van der Waals surface area (Å²) in [6.45, 7) is 8.30. The van der Waals surface area contributed by atoms with Crippen molar-refractivity contribution in [2.45, 2.75) is 46.0 Å². The second-order valence-corrected chi connectivity index (χ2v) is 7.32. The zero-order valence-electron chi connectivity index (χ0n) is 16.3. The van der Waals surface area contributed by atoms with Crippen LogP contribution in [0.25, 0.3) is 10.9 Å². The van der Waals surface area contributed by atoms with E-state index in [0.29, 0.717) is 12.0 Å². The number of benzene rings is 2. The number of hydrogen-bond acceptors (Lipinski definition) is 3. The highest BCUT2D eigenvalue weighted by Gasteiger charge is 2.27. The minimum absolute atomic E-state index is 0.551. The lowest BCUT2D eigenvalue weighted by atomic mass is 9.78. The Morgan fingerprint density at radius 2 is 1.85 bits per heavy atom. The number of aromatic nitrogens is 1. The van der Waals surface area contributed by atoms with Crippen LogP contribution in [0.5, 0.6) is 0 Å². The van der Waals surface area contributed by atoms with Gasteiger partial charge >= 0.3 is 0 Å². The van der Waals surface area contributed by atoms with Crippen LogP contribution in [0.1, 0.15) is 47.4 Å². The van der Waals surface area contributed by atoms with E-state index < -0.39 is 5.41 Å². The highest BCUT2D eigenvalue weighted by Crippen LogP contribution is 2.32. The minimum atomic E-state index is -0.685. The van der Waals surface area contributed by atoms with Gasteiger partial charge in [0.15, 0.2) is 0 Å². The number of nitrogens with zero attached hydrogens (tertiary/aromatic N) is 3. The Morgan fingerprint density at radius 3 is 2.52 bits per heavy atom. The maximum atomic E-state index is 9.95. The van der Waals surface area contributed by atoms with Crippen molar-refractivity contribution in [1.29, 1.82) is 10.5 Å². The van der Waals surface area contributed by atoms with Crippen LogP contribution >= 0.6 is 0 Å². The fraction of sp³-hybridized carbons (Fsp3) is 0.292. The Kier molecular flexibility index (Phi) is 4.98. The van der Waals surface area contributed by atoms with Gasteiger partial charge in [-0.2, -0.15) is 10.5 Å². The zero-order valence-corrected chi connectivity index (χ0v) is 16.3. The third-order valence-electron chi connectivity index (χ3n) is 5.43. The summed E-state index contributed by atoms with van der Waals surface area (Å²) in [6, 6.07) is 18.3. The number of pyridine rings is 1. The number of aryl methyl sites for hydroxylation is 2. The molecule has 0 saturated carbocycles. The van der Waals surface area contributed by atoms with Crippen LogP contribution in [0.3, 0.4) is 0 Å². The predicted octanol–water partition coefficient (Wildman–Crippen LogP) is 5.31. The molecule has 0 radical (unpaired) electrons. The molecule has 0 aliphatic heterocycles. The lowest BCUT2D eigenvalue weighted by Gasteiger charge is -2.23. The summed E-state index contributed by atoms with van der Waals surface area (Å²) in [5, 5.41) is 20.2. The maximum absolute atomic E-state index is 9.95. The largest absolute Gasteiger partial charge is 0.253 e. The molecule has 1 aromatic heterocycles. The summed E-state index contributed by atoms with van der Waals surface area (Å²) >= 11 is 0.